The highest BCUT2D eigenvalue weighted by Crippen LogP contribution is 2.34. The zero-order valence-corrected chi connectivity index (χ0v) is 12.9. The number of methoxy groups -OCH3 is 1. The van der Waals surface area contributed by atoms with Crippen molar-refractivity contribution in [1.82, 2.24) is 20.6 Å². The van der Waals surface area contributed by atoms with Gasteiger partial charge in [-0.05, 0) is 23.1 Å². The Balaban J connectivity index is 1.75. The zero-order valence-electron chi connectivity index (χ0n) is 12.9. The maximum absolute atomic E-state index is 12.4. The van der Waals surface area contributed by atoms with Gasteiger partial charge in [-0.2, -0.15) is 0 Å². The first-order chi connectivity index (χ1) is 11.3. The van der Waals surface area contributed by atoms with Gasteiger partial charge in [-0.25, -0.2) is 9.97 Å². The lowest BCUT2D eigenvalue weighted by Gasteiger charge is -2.16. The first kappa shape index (κ1) is 14.1. The van der Waals surface area contributed by atoms with Crippen molar-refractivity contribution in [3.8, 4) is 17.1 Å². The van der Waals surface area contributed by atoms with Gasteiger partial charge in [0.05, 0.1) is 7.11 Å². The minimum absolute atomic E-state index is 0.00526. The Morgan fingerprint density at radius 1 is 1.13 bits per heavy atom. The van der Waals surface area contributed by atoms with E-state index in [4.69, 9.17) is 4.74 Å². The highest BCUT2D eigenvalue weighted by molar-refractivity contribution is 5.97. The number of carbonyl (C=O) groups is 1. The van der Waals surface area contributed by atoms with E-state index in [0.717, 1.165) is 41.9 Å². The van der Waals surface area contributed by atoms with Gasteiger partial charge in [0.1, 0.15) is 0 Å². The Morgan fingerprint density at radius 3 is 2.74 bits per heavy atom. The standard InChI is InChI=1S/C17H18N4O2/c1-23-17-20-6-11(7-21-17)10-2-3-13-14(4-10)16(22)19-8-12-5-18-9-15(12)13/h2-4,6-7,12,15,18H,5,8-9H2,1H3,(H,19,22)/t12-,15+/m1/s1. The van der Waals surface area contributed by atoms with Crippen molar-refractivity contribution in [2.24, 2.45) is 5.92 Å². The van der Waals surface area contributed by atoms with Crippen molar-refractivity contribution in [3.63, 3.8) is 0 Å². The first-order valence-electron chi connectivity index (χ1n) is 7.75. The summed E-state index contributed by atoms with van der Waals surface area (Å²) in [4.78, 5) is 20.7. The molecule has 2 N–H and O–H groups in total. The summed E-state index contributed by atoms with van der Waals surface area (Å²) in [6.07, 6.45) is 3.42. The summed E-state index contributed by atoms with van der Waals surface area (Å²) in [6, 6.07) is 6.39. The summed E-state index contributed by atoms with van der Waals surface area (Å²) in [5.74, 6) is 0.867. The molecule has 1 amide bonds. The third-order valence-corrected chi connectivity index (χ3v) is 4.71. The lowest BCUT2D eigenvalue weighted by atomic mass is 9.86. The predicted octanol–water partition coefficient (Wildman–Crippen LogP) is 1.20. The van der Waals surface area contributed by atoms with E-state index >= 15 is 0 Å². The van der Waals surface area contributed by atoms with Crippen LogP contribution in [0, 0.1) is 5.92 Å². The number of aromatic nitrogens is 2. The minimum atomic E-state index is 0.00526. The Labute approximate surface area is 134 Å². The molecule has 1 saturated heterocycles. The van der Waals surface area contributed by atoms with Crippen LogP contribution in [-0.2, 0) is 0 Å². The molecular formula is C17H18N4O2. The van der Waals surface area contributed by atoms with Gasteiger partial charge in [-0.15, -0.1) is 0 Å². The second-order valence-corrected chi connectivity index (χ2v) is 6.00. The number of nitrogens with one attached hydrogen (secondary N) is 2. The number of rotatable bonds is 2. The highest BCUT2D eigenvalue weighted by Gasteiger charge is 2.34. The molecule has 2 aromatic rings. The summed E-state index contributed by atoms with van der Waals surface area (Å²) in [5.41, 5.74) is 3.69. The average Bonchev–Trinajstić information content (AvgIpc) is 3.03. The molecule has 23 heavy (non-hydrogen) atoms. The molecule has 1 fully saturated rings. The van der Waals surface area contributed by atoms with Gasteiger partial charge in [0.2, 0.25) is 0 Å². The van der Waals surface area contributed by atoms with Crippen molar-refractivity contribution in [2.75, 3.05) is 26.7 Å². The number of ether oxygens (including phenoxy) is 1. The molecule has 4 rings (SSSR count). The number of carbonyl (C=O) groups excluding carboxylic acids is 1. The molecule has 6 heteroatoms. The number of hydrogen-bond donors (Lipinski definition) is 2. The van der Waals surface area contributed by atoms with Crippen LogP contribution >= 0.6 is 0 Å². The van der Waals surface area contributed by atoms with Crippen molar-refractivity contribution in [1.29, 1.82) is 0 Å². The molecule has 0 spiro atoms. The van der Waals surface area contributed by atoms with Crippen molar-refractivity contribution in [2.45, 2.75) is 5.92 Å². The number of hydrogen-bond acceptors (Lipinski definition) is 5. The Bertz CT molecular complexity index is 745. The first-order valence-corrected chi connectivity index (χ1v) is 7.75. The number of nitrogens with zero attached hydrogens (tertiary/aromatic N) is 2. The summed E-state index contributed by atoms with van der Waals surface area (Å²) in [7, 11) is 1.54. The van der Waals surface area contributed by atoms with Crippen molar-refractivity contribution >= 4 is 5.91 Å². The SMILES string of the molecule is COc1ncc(-c2ccc3c(c2)C(=O)NC[C@H]2CNC[C@H]32)cn1. The van der Waals surface area contributed by atoms with E-state index in [-0.39, 0.29) is 5.91 Å². The third-order valence-electron chi connectivity index (χ3n) is 4.71. The van der Waals surface area contributed by atoms with Gasteiger partial charge in [-0.3, -0.25) is 4.79 Å². The van der Waals surface area contributed by atoms with Crippen LogP contribution in [0.15, 0.2) is 30.6 Å². The molecule has 0 aliphatic carbocycles. The van der Waals surface area contributed by atoms with Crippen LogP contribution in [0.4, 0.5) is 0 Å². The predicted molar refractivity (Wildman–Crippen MR) is 85.5 cm³/mol. The van der Waals surface area contributed by atoms with Crippen LogP contribution in [0.25, 0.3) is 11.1 Å². The molecule has 3 heterocycles. The topological polar surface area (TPSA) is 76.1 Å². The van der Waals surface area contributed by atoms with E-state index < -0.39 is 0 Å². The van der Waals surface area contributed by atoms with Gasteiger partial charge in [0, 0.05) is 49.1 Å². The number of amides is 1. The minimum Gasteiger partial charge on any atom is -0.467 e. The number of fused-ring (bicyclic) bond motifs is 3. The van der Waals surface area contributed by atoms with Gasteiger partial charge < -0.3 is 15.4 Å². The number of benzene rings is 1. The maximum Gasteiger partial charge on any atom is 0.316 e. The van der Waals surface area contributed by atoms with E-state index in [1.165, 1.54) is 7.11 Å². The Morgan fingerprint density at radius 2 is 1.96 bits per heavy atom. The zero-order chi connectivity index (χ0) is 15.8. The van der Waals surface area contributed by atoms with Crippen LogP contribution in [0.3, 0.4) is 0 Å². The smallest absolute Gasteiger partial charge is 0.316 e. The quantitative estimate of drug-likeness (QED) is 0.871. The average molecular weight is 310 g/mol. The van der Waals surface area contributed by atoms with Gasteiger partial charge in [-0.1, -0.05) is 12.1 Å². The van der Waals surface area contributed by atoms with Gasteiger partial charge in [0.15, 0.2) is 0 Å². The molecule has 2 aliphatic heterocycles. The van der Waals surface area contributed by atoms with Crippen LogP contribution in [-0.4, -0.2) is 42.6 Å². The summed E-state index contributed by atoms with van der Waals surface area (Å²) < 4.78 is 4.98. The van der Waals surface area contributed by atoms with Crippen LogP contribution in [0.5, 0.6) is 6.01 Å². The second-order valence-electron chi connectivity index (χ2n) is 6.00. The molecule has 0 radical (unpaired) electrons. The molecule has 118 valence electrons. The van der Waals surface area contributed by atoms with E-state index in [9.17, 15) is 4.79 Å². The van der Waals surface area contributed by atoms with Crippen molar-refractivity contribution in [3.05, 3.63) is 41.7 Å². The lowest BCUT2D eigenvalue weighted by Crippen LogP contribution is -2.28. The van der Waals surface area contributed by atoms with E-state index in [1.807, 2.05) is 12.1 Å². The normalized spacial score (nSPS) is 22.7. The summed E-state index contributed by atoms with van der Waals surface area (Å²) in [5, 5.41) is 6.46. The maximum atomic E-state index is 12.4. The van der Waals surface area contributed by atoms with Gasteiger partial charge >= 0.3 is 6.01 Å². The van der Waals surface area contributed by atoms with E-state index in [2.05, 4.69) is 26.7 Å². The Kier molecular flexibility index (Phi) is 3.46. The van der Waals surface area contributed by atoms with Gasteiger partial charge in [0.25, 0.3) is 5.91 Å². The monoisotopic (exact) mass is 310 g/mol. The fraction of sp³-hybridized carbons (Fsp3) is 0.353. The summed E-state index contributed by atoms with van der Waals surface area (Å²) >= 11 is 0. The summed E-state index contributed by atoms with van der Waals surface area (Å²) in [6.45, 7) is 2.61. The lowest BCUT2D eigenvalue weighted by molar-refractivity contribution is 0.0952. The third kappa shape index (κ3) is 2.45. The van der Waals surface area contributed by atoms with Crippen molar-refractivity contribution < 1.29 is 9.53 Å². The fourth-order valence-electron chi connectivity index (χ4n) is 3.46. The van der Waals surface area contributed by atoms with E-state index in [1.54, 1.807) is 12.4 Å². The molecule has 1 aromatic heterocycles. The molecule has 2 atom stereocenters. The molecule has 6 nitrogen and oxygen atoms in total. The second kappa shape index (κ2) is 5.62. The molecule has 0 saturated carbocycles. The molecule has 0 bridgehead atoms. The molecule has 1 aromatic carbocycles. The van der Waals surface area contributed by atoms with E-state index in [0.29, 0.717) is 17.8 Å². The van der Waals surface area contributed by atoms with Crippen LogP contribution < -0.4 is 15.4 Å². The highest BCUT2D eigenvalue weighted by atomic mass is 16.5. The molecule has 0 unspecified atom stereocenters. The van der Waals surface area contributed by atoms with Crippen LogP contribution in [0.2, 0.25) is 0 Å². The fourth-order valence-corrected chi connectivity index (χ4v) is 3.46. The van der Waals surface area contributed by atoms with Crippen LogP contribution in [0.1, 0.15) is 21.8 Å². The molecular weight excluding hydrogens is 292 g/mol. The molecule has 2 aliphatic rings. The largest absolute Gasteiger partial charge is 0.467 e. The Hall–Kier alpha value is -2.47.